The SMILES string of the molecule is CS(=O)(=O)c1ccc2c(c1)nc1n2C(CNC(=O)c2ccccc2)COC1. The van der Waals surface area contributed by atoms with Gasteiger partial charge in [0.2, 0.25) is 0 Å². The van der Waals surface area contributed by atoms with Crippen LogP contribution in [-0.4, -0.2) is 43.3 Å². The number of fused-ring (bicyclic) bond motifs is 3. The van der Waals surface area contributed by atoms with Crippen molar-refractivity contribution in [3.05, 3.63) is 59.9 Å². The van der Waals surface area contributed by atoms with E-state index in [1.807, 2.05) is 22.8 Å². The van der Waals surface area contributed by atoms with Crippen molar-refractivity contribution in [2.24, 2.45) is 0 Å². The maximum atomic E-state index is 12.3. The van der Waals surface area contributed by atoms with Crippen molar-refractivity contribution in [1.82, 2.24) is 14.9 Å². The predicted molar refractivity (Wildman–Crippen MR) is 100 cm³/mol. The molecule has 0 saturated carbocycles. The van der Waals surface area contributed by atoms with Crippen LogP contribution in [0.3, 0.4) is 0 Å². The van der Waals surface area contributed by atoms with Crippen LogP contribution in [0, 0.1) is 0 Å². The lowest BCUT2D eigenvalue weighted by atomic mass is 10.2. The molecule has 0 fully saturated rings. The smallest absolute Gasteiger partial charge is 0.251 e. The van der Waals surface area contributed by atoms with Crippen LogP contribution in [0.2, 0.25) is 0 Å². The van der Waals surface area contributed by atoms with Crippen LogP contribution in [0.5, 0.6) is 0 Å². The van der Waals surface area contributed by atoms with Crippen LogP contribution in [0.1, 0.15) is 22.2 Å². The molecule has 3 aromatic rings. The van der Waals surface area contributed by atoms with E-state index in [1.165, 1.54) is 6.26 Å². The van der Waals surface area contributed by atoms with Crippen LogP contribution < -0.4 is 5.32 Å². The third-order valence-corrected chi connectivity index (χ3v) is 5.71. The molecule has 4 rings (SSSR count). The van der Waals surface area contributed by atoms with Crippen molar-refractivity contribution in [2.45, 2.75) is 17.5 Å². The number of benzene rings is 2. The first-order chi connectivity index (χ1) is 12.9. The minimum atomic E-state index is -3.30. The van der Waals surface area contributed by atoms with Crippen molar-refractivity contribution in [3.63, 3.8) is 0 Å². The van der Waals surface area contributed by atoms with Gasteiger partial charge in [-0.2, -0.15) is 0 Å². The molecular weight excluding hydrogens is 366 g/mol. The van der Waals surface area contributed by atoms with Gasteiger partial charge in [0.1, 0.15) is 12.4 Å². The van der Waals surface area contributed by atoms with Gasteiger partial charge in [0.15, 0.2) is 9.84 Å². The fourth-order valence-corrected chi connectivity index (χ4v) is 3.92. The number of carbonyl (C=O) groups excluding carboxylic acids is 1. The highest BCUT2D eigenvalue weighted by molar-refractivity contribution is 7.90. The summed E-state index contributed by atoms with van der Waals surface area (Å²) in [5, 5.41) is 2.94. The number of amides is 1. The summed E-state index contributed by atoms with van der Waals surface area (Å²) < 4.78 is 31.2. The van der Waals surface area contributed by atoms with Crippen LogP contribution in [0.15, 0.2) is 53.4 Å². The lowest BCUT2D eigenvalue weighted by Crippen LogP contribution is -2.35. The maximum absolute atomic E-state index is 12.3. The number of aromatic nitrogens is 2. The second-order valence-electron chi connectivity index (χ2n) is 6.57. The van der Waals surface area contributed by atoms with Gasteiger partial charge in [0, 0.05) is 18.4 Å². The summed E-state index contributed by atoms with van der Waals surface area (Å²) in [5.74, 6) is 0.576. The molecule has 7 nitrogen and oxygen atoms in total. The van der Waals surface area contributed by atoms with Gasteiger partial charge in [-0.05, 0) is 30.3 Å². The van der Waals surface area contributed by atoms with E-state index in [0.717, 1.165) is 11.3 Å². The second-order valence-corrected chi connectivity index (χ2v) is 8.58. The summed E-state index contributed by atoms with van der Waals surface area (Å²) in [4.78, 5) is 17.1. The van der Waals surface area contributed by atoms with Crippen LogP contribution >= 0.6 is 0 Å². The highest BCUT2D eigenvalue weighted by Gasteiger charge is 2.25. The van der Waals surface area contributed by atoms with E-state index in [9.17, 15) is 13.2 Å². The molecule has 2 heterocycles. The Hall–Kier alpha value is -2.71. The zero-order chi connectivity index (χ0) is 19.0. The van der Waals surface area contributed by atoms with E-state index >= 15 is 0 Å². The zero-order valence-electron chi connectivity index (χ0n) is 14.8. The Morgan fingerprint density at radius 1 is 1.26 bits per heavy atom. The molecule has 1 atom stereocenters. The molecule has 0 aliphatic carbocycles. The van der Waals surface area contributed by atoms with Crippen LogP contribution in [-0.2, 0) is 21.2 Å². The number of carbonyl (C=O) groups is 1. The Labute approximate surface area is 156 Å². The molecule has 0 radical (unpaired) electrons. The fraction of sp³-hybridized carbons (Fsp3) is 0.263. The maximum Gasteiger partial charge on any atom is 0.251 e. The highest BCUT2D eigenvalue weighted by atomic mass is 32.2. The van der Waals surface area contributed by atoms with Gasteiger partial charge in [0.25, 0.3) is 5.91 Å². The summed E-state index contributed by atoms with van der Waals surface area (Å²) in [5.41, 5.74) is 2.04. The Morgan fingerprint density at radius 2 is 2.04 bits per heavy atom. The monoisotopic (exact) mass is 385 g/mol. The molecule has 140 valence electrons. The molecule has 1 aliphatic rings. The summed E-state index contributed by atoms with van der Waals surface area (Å²) in [6, 6.07) is 13.8. The number of nitrogens with zero attached hydrogens (tertiary/aromatic N) is 2. The molecule has 2 aromatic carbocycles. The number of hydrogen-bond donors (Lipinski definition) is 1. The van der Waals surface area contributed by atoms with Crippen molar-refractivity contribution >= 4 is 26.8 Å². The minimum absolute atomic E-state index is 0.115. The first kappa shape index (κ1) is 17.7. The van der Waals surface area contributed by atoms with Gasteiger partial charge in [-0.15, -0.1) is 0 Å². The van der Waals surface area contributed by atoms with Gasteiger partial charge in [-0.25, -0.2) is 13.4 Å². The number of rotatable bonds is 4. The van der Waals surface area contributed by atoms with Crippen molar-refractivity contribution in [3.8, 4) is 0 Å². The lowest BCUT2D eigenvalue weighted by molar-refractivity contribution is 0.0553. The van der Waals surface area contributed by atoms with E-state index in [1.54, 1.807) is 30.3 Å². The zero-order valence-corrected chi connectivity index (χ0v) is 15.6. The lowest BCUT2D eigenvalue weighted by Gasteiger charge is -2.26. The third kappa shape index (κ3) is 3.45. The quantitative estimate of drug-likeness (QED) is 0.741. The fourth-order valence-electron chi connectivity index (χ4n) is 3.28. The van der Waals surface area contributed by atoms with Gasteiger partial charge in [-0.1, -0.05) is 18.2 Å². The predicted octanol–water partition coefficient (Wildman–Crippen LogP) is 1.94. The standard InChI is InChI=1S/C19H19N3O4S/c1-27(24,25)15-7-8-17-16(9-15)21-18-12-26-11-14(22(17)18)10-20-19(23)13-5-3-2-4-6-13/h2-9,14H,10-12H2,1H3,(H,20,23). The Balaban J connectivity index is 1.62. The van der Waals surface area contributed by atoms with Crippen molar-refractivity contribution < 1.29 is 17.9 Å². The Kier molecular flexibility index (Phi) is 4.45. The molecule has 0 bridgehead atoms. The van der Waals surface area contributed by atoms with Crippen molar-refractivity contribution in [2.75, 3.05) is 19.4 Å². The molecule has 8 heteroatoms. The van der Waals surface area contributed by atoms with Crippen LogP contribution in [0.4, 0.5) is 0 Å². The normalized spacial score (nSPS) is 16.9. The first-order valence-corrected chi connectivity index (χ1v) is 10.4. The molecule has 1 aliphatic heterocycles. The molecule has 27 heavy (non-hydrogen) atoms. The largest absolute Gasteiger partial charge is 0.371 e. The molecule has 1 aromatic heterocycles. The second kappa shape index (κ2) is 6.79. The van der Waals surface area contributed by atoms with E-state index in [4.69, 9.17) is 4.74 Å². The molecule has 1 amide bonds. The number of sulfone groups is 1. The molecular formula is C19H19N3O4S. The Bertz CT molecular complexity index is 1110. The minimum Gasteiger partial charge on any atom is -0.371 e. The van der Waals surface area contributed by atoms with Gasteiger partial charge >= 0.3 is 0 Å². The average Bonchev–Trinajstić information content (AvgIpc) is 3.04. The summed E-state index contributed by atoms with van der Waals surface area (Å²) in [6.45, 7) is 1.19. The summed E-state index contributed by atoms with van der Waals surface area (Å²) in [7, 11) is -3.30. The van der Waals surface area contributed by atoms with E-state index in [2.05, 4.69) is 10.3 Å². The number of imidazole rings is 1. The number of nitrogens with one attached hydrogen (secondary N) is 1. The van der Waals surface area contributed by atoms with E-state index < -0.39 is 9.84 Å². The molecule has 1 unspecified atom stereocenters. The number of hydrogen-bond acceptors (Lipinski definition) is 5. The summed E-state index contributed by atoms with van der Waals surface area (Å²) >= 11 is 0. The molecule has 1 N–H and O–H groups in total. The van der Waals surface area contributed by atoms with E-state index in [-0.39, 0.29) is 16.8 Å². The first-order valence-electron chi connectivity index (χ1n) is 8.55. The van der Waals surface area contributed by atoms with Gasteiger partial charge in [0.05, 0.1) is 28.6 Å². The number of ether oxygens (including phenoxy) is 1. The summed E-state index contributed by atoms with van der Waals surface area (Å²) in [6.07, 6.45) is 1.18. The molecule has 0 saturated heterocycles. The van der Waals surface area contributed by atoms with Crippen molar-refractivity contribution in [1.29, 1.82) is 0 Å². The highest BCUT2D eigenvalue weighted by Crippen LogP contribution is 2.27. The molecule has 0 spiro atoms. The van der Waals surface area contributed by atoms with Gasteiger partial charge in [-0.3, -0.25) is 4.79 Å². The van der Waals surface area contributed by atoms with Crippen LogP contribution in [0.25, 0.3) is 11.0 Å². The topological polar surface area (TPSA) is 90.3 Å². The average molecular weight is 385 g/mol. The van der Waals surface area contributed by atoms with Gasteiger partial charge < -0.3 is 14.6 Å². The third-order valence-electron chi connectivity index (χ3n) is 4.60. The Morgan fingerprint density at radius 3 is 2.78 bits per heavy atom. The van der Waals surface area contributed by atoms with E-state index in [0.29, 0.717) is 30.8 Å².